The van der Waals surface area contributed by atoms with Crippen LogP contribution in [-0.2, 0) is 11.2 Å². The molecule has 0 aliphatic rings. The van der Waals surface area contributed by atoms with Crippen molar-refractivity contribution in [2.24, 2.45) is 0 Å². The summed E-state index contributed by atoms with van der Waals surface area (Å²) in [6.45, 7) is 0. The van der Waals surface area contributed by atoms with Gasteiger partial charge in [0.2, 0.25) is 5.91 Å². The molecule has 4 aromatic rings. The van der Waals surface area contributed by atoms with Crippen LogP contribution in [0.5, 0.6) is 5.75 Å². The molecule has 0 spiro atoms. The van der Waals surface area contributed by atoms with Crippen LogP contribution in [0.2, 0.25) is 0 Å². The molecule has 0 saturated carbocycles. The molecule has 7 heteroatoms. The van der Waals surface area contributed by atoms with Crippen molar-refractivity contribution in [3.05, 3.63) is 54.0 Å². The van der Waals surface area contributed by atoms with Gasteiger partial charge in [0, 0.05) is 17.0 Å². The summed E-state index contributed by atoms with van der Waals surface area (Å²) in [6, 6.07) is 9.80. The van der Waals surface area contributed by atoms with E-state index in [1.54, 1.807) is 25.5 Å². The lowest BCUT2D eigenvalue weighted by atomic mass is 10.1. The van der Waals surface area contributed by atoms with Crippen molar-refractivity contribution >= 4 is 43.6 Å². The minimum Gasteiger partial charge on any atom is -0.497 e. The number of rotatable bonds is 4. The quantitative estimate of drug-likeness (QED) is 0.590. The van der Waals surface area contributed by atoms with Crippen LogP contribution < -0.4 is 10.1 Å². The van der Waals surface area contributed by atoms with E-state index in [1.807, 2.05) is 12.1 Å². The van der Waals surface area contributed by atoms with E-state index >= 15 is 0 Å². The van der Waals surface area contributed by atoms with E-state index in [-0.39, 0.29) is 18.1 Å². The molecular weight excluding hydrogens is 343 g/mol. The molecule has 0 unspecified atom stereocenters. The van der Waals surface area contributed by atoms with E-state index in [1.165, 1.54) is 23.5 Å². The highest BCUT2D eigenvalue weighted by atomic mass is 32.1. The zero-order chi connectivity index (χ0) is 17.4. The van der Waals surface area contributed by atoms with Crippen LogP contribution in [-0.4, -0.2) is 18.0 Å². The van der Waals surface area contributed by atoms with E-state index in [0.717, 1.165) is 10.9 Å². The van der Waals surface area contributed by atoms with E-state index in [9.17, 15) is 9.18 Å². The zero-order valence-electron chi connectivity index (χ0n) is 13.2. The summed E-state index contributed by atoms with van der Waals surface area (Å²) in [4.78, 5) is 16.6. The van der Waals surface area contributed by atoms with Gasteiger partial charge in [0.1, 0.15) is 17.1 Å². The first-order valence-electron chi connectivity index (χ1n) is 7.52. The number of carbonyl (C=O) groups is 1. The number of fused-ring (bicyclic) bond motifs is 2. The zero-order valence-corrected chi connectivity index (χ0v) is 14.0. The molecule has 0 aliphatic carbocycles. The highest BCUT2D eigenvalue weighted by Crippen LogP contribution is 2.28. The molecule has 0 atom stereocenters. The molecule has 0 bridgehead atoms. The number of ether oxygens (including phenoxy) is 1. The van der Waals surface area contributed by atoms with Gasteiger partial charge in [0.05, 0.1) is 30.0 Å². The molecule has 4 rings (SSSR count). The number of aromatic nitrogens is 1. The van der Waals surface area contributed by atoms with Gasteiger partial charge in [-0.1, -0.05) is 11.3 Å². The van der Waals surface area contributed by atoms with Gasteiger partial charge in [0.25, 0.3) is 0 Å². The molecule has 25 heavy (non-hydrogen) atoms. The summed E-state index contributed by atoms with van der Waals surface area (Å²) in [5.74, 6) is 0.159. The predicted octanol–water partition coefficient (Wildman–Crippen LogP) is 4.37. The smallest absolute Gasteiger partial charge is 0.230 e. The summed E-state index contributed by atoms with van der Waals surface area (Å²) in [5, 5.41) is 4.06. The van der Waals surface area contributed by atoms with E-state index in [0.29, 0.717) is 26.7 Å². The molecule has 0 aliphatic heterocycles. The van der Waals surface area contributed by atoms with Crippen LogP contribution in [0.15, 0.2) is 47.1 Å². The van der Waals surface area contributed by atoms with Crippen LogP contribution >= 0.6 is 11.3 Å². The second-order valence-electron chi connectivity index (χ2n) is 5.48. The molecule has 126 valence electrons. The number of halogens is 1. The number of hydrogen-bond donors (Lipinski definition) is 1. The summed E-state index contributed by atoms with van der Waals surface area (Å²) in [7, 11) is 1.59. The van der Waals surface area contributed by atoms with E-state index in [4.69, 9.17) is 9.15 Å². The van der Waals surface area contributed by atoms with Gasteiger partial charge in [-0.2, -0.15) is 0 Å². The van der Waals surface area contributed by atoms with Gasteiger partial charge in [-0.3, -0.25) is 4.79 Å². The first-order valence-corrected chi connectivity index (χ1v) is 8.34. The second-order valence-corrected chi connectivity index (χ2v) is 6.51. The standard InChI is InChI=1S/C18H13FN2O3S/c1-23-12-3-4-13-10(9-24-15(13)8-12)6-17(22)21-18-20-14-5-2-11(19)7-16(14)25-18/h2-5,7-9H,6H2,1H3,(H,20,21,22). The highest BCUT2D eigenvalue weighted by molar-refractivity contribution is 7.22. The van der Waals surface area contributed by atoms with Gasteiger partial charge in [0.15, 0.2) is 5.13 Å². The lowest BCUT2D eigenvalue weighted by molar-refractivity contribution is -0.115. The molecule has 2 heterocycles. The van der Waals surface area contributed by atoms with E-state index < -0.39 is 0 Å². The number of amides is 1. The largest absolute Gasteiger partial charge is 0.497 e. The van der Waals surface area contributed by atoms with Crippen LogP contribution in [0.1, 0.15) is 5.56 Å². The molecule has 1 N–H and O–H groups in total. The van der Waals surface area contributed by atoms with Gasteiger partial charge in [-0.25, -0.2) is 9.37 Å². The minimum absolute atomic E-state index is 0.156. The maximum Gasteiger partial charge on any atom is 0.230 e. The summed E-state index contributed by atoms with van der Waals surface area (Å²) >= 11 is 1.24. The monoisotopic (exact) mass is 356 g/mol. The van der Waals surface area contributed by atoms with Gasteiger partial charge >= 0.3 is 0 Å². The third-order valence-corrected chi connectivity index (χ3v) is 4.74. The molecule has 2 aromatic heterocycles. The molecule has 2 aromatic carbocycles. The maximum absolute atomic E-state index is 13.2. The van der Waals surface area contributed by atoms with Gasteiger partial charge in [-0.05, 0) is 30.3 Å². The molecule has 1 amide bonds. The van der Waals surface area contributed by atoms with Crippen molar-refractivity contribution in [1.82, 2.24) is 4.98 Å². The number of benzene rings is 2. The Balaban J connectivity index is 1.53. The Morgan fingerprint density at radius 1 is 1.32 bits per heavy atom. The van der Waals surface area contributed by atoms with Crippen molar-refractivity contribution < 1.29 is 18.3 Å². The fourth-order valence-electron chi connectivity index (χ4n) is 2.62. The maximum atomic E-state index is 13.2. The Kier molecular flexibility index (Phi) is 3.85. The van der Waals surface area contributed by atoms with Crippen molar-refractivity contribution in [3.8, 4) is 5.75 Å². The fourth-order valence-corrected chi connectivity index (χ4v) is 3.52. The number of carbonyl (C=O) groups excluding carboxylic acids is 1. The SMILES string of the molecule is COc1ccc2c(CC(=O)Nc3nc4ccc(F)cc4s3)coc2c1. The summed E-state index contributed by atoms with van der Waals surface area (Å²) in [6.07, 6.45) is 1.72. The number of thiazole rings is 1. The molecule has 0 fully saturated rings. The summed E-state index contributed by atoms with van der Waals surface area (Å²) in [5.41, 5.74) is 2.10. The minimum atomic E-state index is -0.325. The third kappa shape index (κ3) is 3.06. The Bertz CT molecular complexity index is 1090. The fraction of sp³-hybridized carbons (Fsp3) is 0.111. The van der Waals surface area contributed by atoms with Crippen molar-refractivity contribution in [2.75, 3.05) is 12.4 Å². The topological polar surface area (TPSA) is 64.4 Å². The Labute approximate surface area is 146 Å². The Morgan fingerprint density at radius 3 is 3.04 bits per heavy atom. The lowest BCUT2D eigenvalue weighted by Gasteiger charge is -2.01. The van der Waals surface area contributed by atoms with Gasteiger partial charge in [-0.15, -0.1) is 0 Å². The number of nitrogens with zero attached hydrogens (tertiary/aromatic N) is 1. The second kappa shape index (κ2) is 6.18. The number of furan rings is 1. The summed E-state index contributed by atoms with van der Waals surface area (Å²) < 4.78 is 24.6. The first-order chi connectivity index (χ1) is 12.1. The number of methoxy groups -OCH3 is 1. The van der Waals surface area contributed by atoms with E-state index in [2.05, 4.69) is 10.3 Å². The van der Waals surface area contributed by atoms with Crippen molar-refractivity contribution in [3.63, 3.8) is 0 Å². The molecular formula is C18H13FN2O3S. The van der Waals surface area contributed by atoms with Crippen LogP contribution in [0.25, 0.3) is 21.2 Å². The number of hydrogen-bond acceptors (Lipinski definition) is 5. The average Bonchev–Trinajstić information content (AvgIpc) is 3.17. The lowest BCUT2D eigenvalue weighted by Crippen LogP contribution is -2.13. The highest BCUT2D eigenvalue weighted by Gasteiger charge is 2.13. The number of nitrogens with one attached hydrogen (secondary N) is 1. The van der Waals surface area contributed by atoms with Crippen LogP contribution in [0, 0.1) is 5.82 Å². The Hall–Kier alpha value is -2.93. The van der Waals surface area contributed by atoms with Crippen molar-refractivity contribution in [1.29, 1.82) is 0 Å². The molecule has 5 nitrogen and oxygen atoms in total. The average molecular weight is 356 g/mol. The Morgan fingerprint density at radius 2 is 2.20 bits per heavy atom. The number of anilines is 1. The van der Waals surface area contributed by atoms with Crippen LogP contribution in [0.4, 0.5) is 9.52 Å². The van der Waals surface area contributed by atoms with Crippen LogP contribution in [0.3, 0.4) is 0 Å². The van der Waals surface area contributed by atoms with Gasteiger partial charge < -0.3 is 14.5 Å². The normalized spacial score (nSPS) is 11.1. The molecule has 0 radical (unpaired) electrons. The van der Waals surface area contributed by atoms with Crippen molar-refractivity contribution in [2.45, 2.75) is 6.42 Å². The predicted molar refractivity (Wildman–Crippen MR) is 94.7 cm³/mol. The molecule has 0 saturated heterocycles. The first kappa shape index (κ1) is 15.6. The third-order valence-electron chi connectivity index (χ3n) is 3.81.